The van der Waals surface area contributed by atoms with Gasteiger partial charge in [-0.05, 0) is 32.9 Å². The molecule has 0 atom stereocenters. The molecule has 0 aliphatic heterocycles. The zero-order valence-electron chi connectivity index (χ0n) is 11.9. The van der Waals surface area contributed by atoms with Gasteiger partial charge in [-0.1, -0.05) is 18.3 Å². The van der Waals surface area contributed by atoms with Crippen LogP contribution < -0.4 is 16.0 Å². The van der Waals surface area contributed by atoms with E-state index in [1.165, 1.54) is 6.07 Å². The van der Waals surface area contributed by atoms with E-state index >= 15 is 0 Å². The Kier molecular flexibility index (Phi) is 5.88. The highest BCUT2D eigenvalue weighted by Crippen LogP contribution is 2.23. The average molecular weight is 297 g/mol. The molecule has 1 aromatic carbocycles. The van der Waals surface area contributed by atoms with Gasteiger partial charge in [-0.2, -0.15) is 0 Å². The Balaban J connectivity index is 3.04. The summed E-state index contributed by atoms with van der Waals surface area (Å²) in [4.78, 5) is 13.6. The van der Waals surface area contributed by atoms with Crippen molar-refractivity contribution in [3.63, 3.8) is 0 Å². The van der Waals surface area contributed by atoms with Gasteiger partial charge >= 0.3 is 0 Å². The monoisotopic (exact) mass is 297 g/mol. The molecule has 6 heteroatoms. The third-order valence-corrected chi connectivity index (χ3v) is 2.95. The van der Waals surface area contributed by atoms with Gasteiger partial charge in [0, 0.05) is 12.6 Å². The number of anilines is 1. The van der Waals surface area contributed by atoms with Crippen LogP contribution in [0.2, 0.25) is 0 Å². The smallest absolute Gasteiger partial charge is 0.239 e. The molecule has 0 spiro atoms. The number of carbonyl (C=O) groups is 1. The fourth-order valence-electron chi connectivity index (χ4n) is 1.93. The van der Waals surface area contributed by atoms with E-state index in [1.54, 1.807) is 17.0 Å². The number of amides is 1. The van der Waals surface area contributed by atoms with Crippen LogP contribution in [0.5, 0.6) is 0 Å². The first-order valence-electron chi connectivity index (χ1n) is 6.49. The Labute approximate surface area is 124 Å². The zero-order chi connectivity index (χ0) is 15.3. The van der Waals surface area contributed by atoms with E-state index in [2.05, 4.69) is 5.32 Å². The molecule has 1 amide bonds. The maximum absolute atomic E-state index is 13.9. The minimum absolute atomic E-state index is 0.0131. The van der Waals surface area contributed by atoms with Crippen molar-refractivity contribution in [1.82, 2.24) is 5.32 Å². The normalized spacial score (nSPS) is 10.4. The molecule has 0 aliphatic carbocycles. The quantitative estimate of drug-likeness (QED) is 0.786. The van der Waals surface area contributed by atoms with Crippen molar-refractivity contribution in [3.05, 3.63) is 29.6 Å². The first-order chi connectivity index (χ1) is 9.36. The number of carbonyl (C=O) groups excluding carboxylic acids is 1. The largest absolute Gasteiger partial charge is 0.389 e. The van der Waals surface area contributed by atoms with E-state index in [0.717, 1.165) is 0 Å². The van der Waals surface area contributed by atoms with Crippen molar-refractivity contribution < 1.29 is 9.18 Å². The molecule has 20 heavy (non-hydrogen) atoms. The van der Waals surface area contributed by atoms with Crippen LogP contribution >= 0.6 is 12.2 Å². The lowest BCUT2D eigenvalue weighted by molar-refractivity contribution is -0.120. The number of rotatable bonds is 6. The lowest BCUT2D eigenvalue weighted by Crippen LogP contribution is -2.40. The number of halogens is 1. The second-order valence-corrected chi connectivity index (χ2v) is 5.17. The first kappa shape index (κ1) is 16.4. The molecule has 4 nitrogen and oxygen atoms in total. The van der Waals surface area contributed by atoms with E-state index in [0.29, 0.717) is 12.2 Å². The number of nitrogens with two attached hydrogens (primary N) is 1. The van der Waals surface area contributed by atoms with Crippen molar-refractivity contribution in [2.45, 2.75) is 26.8 Å². The summed E-state index contributed by atoms with van der Waals surface area (Å²) in [5.74, 6) is -0.599. The molecular formula is C14H20FN3OS. The van der Waals surface area contributed by atoms with E-state index in [4.69, 9.17) is 18.0 Å². The Morgan fingerprint density at radius 2 is 2.15 bits per heavy atom. The van der Waals surface area contributed by atoms with Gasteiger partial charge in [0.05, 0.1) is 17.8 Å². The Bertz CT molecular complexity index is 505. The number of nitrogens with zero attached hydrogens (tertiary/aromatic N) is 1. The second-order valence-electron chi connectivity index (χ2n) is 4.73. The van der Waals surface area contributed by atoms with Gasteiger partial charge < -0.3 is 16.0 Å². The SMILES string of the molecule is CCN(CC(=O)NC(C)C)c1cccc(F)c1C(N)=S. The molecule has 1 aromatic rings. The summed E-state index contributed by atoms with van der Waals surface area (Å²) >= 11 is 4.90. The Morgan fingerprint density at radius 3 is 2.65 bits per heavy atom. The molecule has 0 unspecified atom stereocenters. The predicted molar refractivity (Wildman–Crippen MR) is 83.5 cm³/mol. The maximum atomic E-state index is 13.9. The molecule has 0 heterocycles. The highest BCUT2D eigenvalue weighted by atomic mass is 32.1. The molecule has 1 rings (SSSR count). The summed E-state index contributed by atoms with van der Waals surface area (Å²) in [7, 11) is 0. The van der Waals surface area contributed by atoms with Crippen LogP contribution in [0.15, 0.2) is 18.2 Å². The first-order valence-corrected chi connectivity index (χ1v) is 6.90. The van der Waals surface area contributed by atoms with Crippen LogP contribution in [0, 0.1) is 5.82 Å². The van der Waals surface area contributed by atoms with E-state index in [9.17, 15) is 9.18 Å². The van der Waals surface area contributed by atoms with E-state index in [1.807, 2.05) is 20.8 Å². The molecule has 0 aromatic heterocycles. The highest BCUT2D eigenvalue weighted by Gasteiger charge is 2.18. The van der Waals surface area contributed by atoms with Crippen LogP contribution in [0.4, 0.5) is 10.1 Å². The molecule has 0 aliphatic rings. The van der Waals surface area contributed by atoms with E-state index in [-0.39, 0.29) is 29.0 Å². The number of hydrogen-bond donors (Lipinski definition) is 2. The summed E-state index contributed by atoms with van der Waals surface area (Å²) < 4.78 is 13.9. The van der Waals surface area contributed by atoms with Gasteiger partial charge in [0.2, 0.25) is 5.91 Å². The lowest BCUT2D eigenvalue weighted by atomic mass is 10.1. The van der Waals surface area contributed by atoms with Crippen molar-refractivity contribution in [2.75, 3.05) is 18.0 Å². The summed E-state index contributed by atoms with van der Waals surface area (Å²) in [6.45, 7) is 6.34. The number of hydrogen-bond acceptors (Lipinski definition) is 3. The zero-order valence-corrected chi connectivity index (χ0v) is 12.8. The third-order valence-electron chi connectivity index (χ3n) is 2.74. The van der Waals surface area contributed by atoms with Crippen LogP contribution in [0.3, 0.4) is 0 Å². The van der Waals surface area contributed by atoms with E-state index < -0.39 is 5.82 Å². The van der Waals surface area contributed by atoms with Crippen molar-refractivity contribution in [1.29, 1.82) is 0 Å². The van der Waals surface area contributed by atoms with Gasteiger partial charge in [-0.15, -0.1) is 0 Å². The van der Waals surface area contributed by atoms with Crippen LogP contribution in [-0.2, 0) is 4.79 Å². The molecule has 0 radical (unpaired) electrons. The van der Waals surface area contributed by atoms with Crippen LogP contribution in [-0.4, -0.2) is 30.0 Å². The molecule has 3 N–H and O–H groups in total. The molecule has 0 bridgehead atoms. The topological polar surface area (TPSA) is 58.4 Å². The molecule has 0 saturated heterocycles. The molecule has 0 saturated carbocycles. The predicted octanol–water partition coefficient (Wildman–Crippen LogP) is 1.81. The molecular weight excluding hydrogens is 277 g/mol. The molecule has 0 fully saturated rings. The fourth-order valence-corrected chi connectivity index (χ4v) is 2.13. The summed E-state index contributed by atoms with van der Waals surface area (Å²) in [5.41, 5.74) is 6.31. The summed E-state index contributed by atoms with van der Waals surface area (Å²) in [5, 5.41) is 2.80. The Morgan fingerprint density at radius 1 is 1.50 bits per heavy atom. The maximum Gasteiger partial charge on any atom is 0.239 e. The minimum atomic E-state index is -0.474. The van der Waals surface area contributed by atoms with Gasteiger partial charge in [-0.3, -0.25) is 4.79 Å². The summed E-state index contributed by atoms with van der Waals surface area (Å²) in [6.07, 6.45) is 0. The fraction of sp³-hybridized carbons (Fsp3) is 0.429. The van der Waals surface area contributed by atoms with Gasteiger partial charge in [-0.25, -0.2) is 4.39 Å². The number of benzene rings is 1. The molecule has 110 valence electrons. The minimum Gasteiger partial charge on any atom is -0.389 e. The average Bonchev–Trinajstić information content (AvgIpc) is 2.34. The van der Waals surface area contributed by atoms with Crippen LogP contribution in [0.1, 0.15) is 26.3 Å². The van der Waals surface area contributed by atoms with Crippen molar-refractivity contribution in [2.24, 2.45) is 5.73 Å². The lowest BCUT2D eigenvalue weighted by Gasteiger charge is -2.25. The second kappa shape index (κ2) is 7.19. The van der Waals surface area contributed by atoms with Crippen molar-refractivity contribution >= 4 is 28.8 Å². The van der Waals surface area contributed by atoms with Gasteiger partial charge in [0.25, 0.3) is 0 Å². The number of nitrogens with one attached hydrogen (secondary N) is 1. The highest BCUT2D eigenvalue weighted by molar-refractivity contribution is 7.80. The third kappa shape index (κ3) is 4.16. The number of thiocarbonyl (C=S) groups is 1. The van der Waals surface area contributed by atoms with Crippen LogP contribution in [0.25, 0.3) is 0 Å². The van der Waals surface area contributed by atoms with Gasteiger partial charge in [0.1, 0.15) is 10.8 Å². The number of likely N-dealkylation sites (N-methyl/N-ethyl adjacent to an activating group) is 1. The standard InChI is InChI=1S/C14H20FN3OS/c1-4-18(8-12(19)17-9(2)3)11-7-5-6-10(15)13(11)14(16)20/h5-7,9H,4,8H2,1-3H3,(H2,16,20)(H,17,19). The summed E-state index contributed by atoms with van der Waals surface area (Å²) in [6, 6.07) is 4.66. The van der Waals surface area contributed by atoms with Gasteiger partial charge in [0.15, 0.2) is 0 Å². The van der Waals surface area contributed by atoms with Crippen molar-refractivity contribution in [3.8, 4) is 0 Å². The Hall–Kier alpha value is -1.69.